The van der Waals surface area contributed by atoms with Crippen molar-refractivity contribution in [2.75, 3.05) is 18.1 Å². The number of rotatable bonds is 1. The lowest BCUT2D eigenvalue weighted by atomic mass is 9.81. The van der Waals surface area contributed by atoms with Gasteiger partial charge in [0.2, 0.25) is 0 Å². The third kappa shape index (κ3) is 1.57. The van der Waals surface area contributed by atoms with Gasteiger partial charge in [-0.1, -0.05) is 0 Å². The van der Waals surface area contributed by atoms with Crippen molar-refractivity contribution in [1.82, 2.24) is 5.32 Å². The van der Waals surface area contributed by atoms with Crippen LogP contribution in [0.3, 0.4) is 0 Å². The predicted octanol–water partition coefficient (Wildman–Crippen LogP) is 0.946. The van der Waals surface area contributed by atoms with Crippen LogP contribution in [0, 0.1) is 5.92 Å². The first-order chi connectivity index (χ1) is 6.25. The predicted molar refractivity (Wildman–Crippen MR) is 53.0 cm³/mol. The van der Waals surface area contributed by atoms with Crippen LogP contribution in [0.2, 0.25) is 0 Å². The highest BCUT2D eigenvalue weighted by atomic mass is 32.2. The van der Waals surface area contributed by atoms with Gasteiger partial charge in [0.05, 0.1) is 5.92 Å². The Labute approximate surface area is 82.3 Å². The summed E-state index contributed by atoms with van der Waals surface area (Å²) in [7, 11) is 0. The Morgan fingerprint density at radius 2 is 2.15 bits per heavy atom. The molecular weight excluding hydrogens is 186 g/mol. The van der Waals surface area contributed by atoms with Gasteiger partial charge in [-0.05, 0) is 37.3 Å². The number of carbonyl (C=O) groups is 1. The lowest BCUT2D eigenvalue weighted by Crippen LogP contribution is -2.50. The van der Waals surface area contributed by atoms with E-state index in [0.29, 0.717) is 0 Å². The lowest BCUT2D eigenvalue weighted by Gasteiger charge is -2.36. The Bertz CT molecular complexity index is 214. The van der Waals surface area contributed by atoms with E-state index in [1.54, 1.807) is 0 Å². The van der Waals surface area contributed by atoms with E-state index in [0.717, 1.165) is 37.3 Å². The number of carboxylic acid groups (broad SMARTS) is 1. The monoisotopic (exact) mass is 201 g/mol. The van der Waals surface area contributed by atoms with Gasteiger partial charge in [-0.3, -0.25) is 4.79 Å². The third-order valence-corrected chi connectivity index (χ3v) is 4.25. The molecular formula is C9H15NO2S. The Balaban J connectivity index is 2.13. The molecule has 0 aliphatic carbocycles. The number of hydrogen-bond acceptors (Lipinski definition) is 3. The van der Waals surface area contributed by atoms with E-state index >= 15 is 0 Å². The van der Waals surface area contributed by atoms with Crippen molar-refractivity contribution in [3.05, 3.63) is 0 Å². The molecule has 0 saturated carbocycles. The quantitative estimate of drug-likeness (QED) is 0.663. The fraction of sp³-hybridized carbons (Fsp3) is 0.889. The Morgan fingerprint density at radius 3 is 2.77 bits per heavy atom. The molecule has 0 bridgehead atoms. The number of aliphatic carboxylic acids is 1. The zero-order valence-corrected chi connectivity index (χ0v) is 8.40. The molecule has 4 heteroatoms. The lowest BCUT2D eigenvalue weighted by molar-refractivity contribution is -0.143. The van der Waals surface area contributed by atoms with Crippen LogP contribution in [-0.4, -0.2) is 34.7 Å². The maximum Gasteiger partial charge on any atom is 0.308 e. The van der Waals surface area contributed by atoms with Gasteiger partial charge in [0, 0.05) is 5.54 Å². The van der Waals surface area contributed by atoms with Crippen LogP contribution in [0.4, 0.5) is 0 Å². The standard InChI is InChI=1S/C9H15NO2S/c11-8(12)7-1-4-10-9(7)2-5-13-6-3-9/h7,10H,1-6H2,(H,11,12). The molecule has 0 amide bonds. The molecule has 1 unspecified atom stereocenters. The van der Waals surface area contributed by atoms with Crippen molar-refractivity contribution in [2.24, 2.45) is 5.92 Å². The van der Waals surface area contributed by atoms with Crippen molar-refractivity contribution < 1.29 is 9.90 Å². The van der Waals surface area contributed by atoms with Gasteiger partial charge in [-0.25, -0.2) is 0 Å². The Kier molecular flexibility index (Phi) is 2.51. The van der Waals surface area contributed by atoms with Gasteiger partial charge in [0.25, 0.3) is 0 Å². The maximum absolute atomic E-state index is 11.0. The summed E-state index contributed by atoms with van der Waals surface area (Å²) in [6.45, 7) is 0.877. The molecule has 2 rings (SSSR count). The maximum atomic E-state index is 11.0. The van der Waals surface area contributed by atoms with E-state index in [2.05, 4.69) is 5.32 Å². The van der Waals surface area contributed by atoms with E-state index < -0.39 is 5.97 Å². The Morgan fingerprint density at radius 1 is 1.46 bits per heavy atom. The summed E-state index contributed by atoms with van der Waals surface area (Å²) in [5.41, 5.74) is -0.0584. The minimum Gasteiger partial charge on any atom is -0.481 e. The van der Waals surface area contributed by atoms with Crippen molar-refractivity contribution in [2.45, 2.75) is 24.8 Å². The van der Waals surface area contributed by atoms with Crippen molar-refractivity contribution in [3.63, 3.8) is 0 Å². The molecule has 2 N–H and O–H groups in total. The molecule has 2 saturated heterocycles. The first-order valence-corrected chi connectivity index (χ1v) is 5.96. The molecule has 0 aromatic heterocycles. The van der Waals surface area contributed by atoms with Gasteiger partial charge in [-0.15, -0.1) is 0 Å². The summed E-state index contributed by atoms with van der Waals surface area (Å²) in [5, 5.41) is 12.5. The van der Waals surface area contributed by atoms with Crippen LogP contribution in [0.1, 0.15) is 19.3 Å². The molecule has 2 fully saturated rings. The highest BCUT2D eigenvalue weighted by molar-refractivity contribution is 7.99. The minimum absolute atomic E-state index is 0.0584. The molecule has 1 atom stereocenters. The fourth-order valence-corrected chi connectivity index (χ4v) is 3.71. The average molecular weight is 201 g/mol. The molecule has 13 heavy (non-hydrogen) atoms. The summed E-state index contributed by atoms with van der Waals surface area (Å²) in [6, 6.07) is 0. The average Bonchev–Trinajstić information content (AvgIpc) is 2.50. The highest BCUT2D eigenvalue weighted by Crippen LogP contribution is 2.38. The second-order valence-corrected chi connectivity index (χ2v) is 5.10. The third-order valence-electron chi connectivity index (χ3n) is 3.26. The van der Waals surface area contributed by atoms with E-state index in [9.17, 15) is 4.79 Å². The molecule has 0 aromatic rings. The van der Waals surface area contributed by atoms with Crippen LogP contribution in [0.25, 0.3) is 0 Å². The minimum atomic E-state index is -0.614. The zero-order valence-electron chi connectivity index (χ0n) is 7.58. The second kappa shape index (κ2) is 3.50. The van der Waals surface area contributed by atoms with Crippen LogP contribution in [0.15, 0.2) is 0 Å². The molecule has 2 heterocycles. The summed E-state index contributed by atoms with van der Waals surface area (Å²) in [6.07, 6.45) is 2.85. The largest absolute Gasteiger partial charge is 0.481 e. The van der Waals surface area contributed by atoms with E-state index in [-0.39, 0.29) is 11.5 Å². The Hall–Kier alpha value is -0.220. The van der Waals surface area contributed by atoms with E-state index in [4.69, 9.17) is 5.11 Å². The van der Waals surface area contributed by atoms with Crippen molar-refractivity contribution in [1.29, 1.82) is 0 Å². The summed E-state index contributed by atoms with van der Waals surface area (Å²) < 4.78 is 0. The van der Waals surface area contributed by atoms with E-state index in [1.165, 1.54) is 0 Å². The molecule has 2 aliphatic rings. The summed E-state index contributed by atoms with van der Waals surface area (Å²) >= 11 is 1.94. The first kappa shape index (κ1) is 9.34. The second-order valence-electron chi connectivity index (χ2n) is 3.87. The molecule has 2 aliphatic heterocycles. The molecule has 0 radical (unpaired) electrons. The molecule has 0 aromatic carbocycles. The molecule has 3 nitrogen and oxygen atoms in total. The van der Waals surface area contributed by atoms with Crippen LogP contribution in [-0.2, 0) is 4.79 Å². The zero-order chi connectivity index (χ0) is 9.31. The van der Waals surface area contributed by atoms with Gasteiger partial charge in [-0.2, -0.15) is 11.8 Å². The first-order valence-electron chi connectivity index (χ1n) is 4.80. The van der Waals surface area contributed by atoms with Gasteiger partial charge >= 0.3 is 5.97 Å². The fourth-order valence-electron chi connectivity index (χ4n) is 2.49. The van der Waals surface area contributed by atoms with Crippen LogP contribution >= 0.6 is 11.8 Å². The van der Waals surface area contributed by atoms with Crippen molar-refractivity contribution in [3.8, 4) is 0 Å². The van der Waals surface area contributed by atoms with Crippen molar-refractivity contribution >= 4 is 17.7 Å². The number of hydrogen-bond donors (Lipinski definition) is 2. The number of carboxylic acids is 1. The normalized spacial score (nSPS) is 32.2. The van der Waals surface area contributed by atoms with Gasteiger partial charge < -0.3 is 10.4 Å². The summed E-state index contributed by atoms with van der Waals surface area (Å²) in [4.78, 5) is 11.0. The SMILES string of the molecule is O=C(O)C1CCNC12CCSCC2. The number of thioether (sulfide) groups is 1. The van der Waals surface area contributed by atoms with Crippen LogP contribution in [0.5, 0.6) is 0 Å². The number of nitrogens with one attached hydrogen (secondary N) is 1. The molecule has 1 spiro atoms. The molecule has 74 valence electrons. The van der Waals surface area contributed by atoms with E-state index in [1.807, 2.05) is 11.8 Å². The van der Waals surface area contributed by atoms with Gasteiger partial charge in [0.15, 0.2) is 0 Å². The smallest absolute Gasteiger partial charge is 0.308 e. The highest BCUT2D eigenvalue weighted by Gasteiger charge is 2.46. The van der Waals surface area contributed by atoms with Crippen LogP contribution < -0.4 is 5.32 Å². The van der Waals surface area contributed by atoms with Gasteiger partial charge in [0.1, 0.15) is 0 Å². The summed E-state index contributed by atoms with van der Waals surface area (Å²) in [5.74, 6) is 1.46. The topological polar surface area (TPSA) is 49.3 Å².